The first-order valence-electron chi connectivity index (χ1n) is 5.49. The highest BCUT2D eigenvalue weighted by Crippen LogP contribution is 2.32. The van der Waals surface area contributed by atoms with Crippen LogP contribution in [0.25, 0.3) is 0 Å². The second-order valence-electron chi connectivity index (χ2n) is 4.84. The van der Waals surface area contributed by atoms with Crippen molar-refractivity contribution in [3.05, 3.63) is 21.9 Å². The van der Waals surface area contributed by atoms with Crippen LogP contribution < -0.4 is 4.74 Å². The Morgan fingerprint density at radius 3 is 3.00 bits per heavy atom. The quantitative estimate of drug-likeness (QED) is 0.617. The van der Waals surface area contributed by atoms with Gasteiger partial charge in [0.15, 0.2) is 5.75 Å². The van der Waals surface area contributed by atoms with Crippen LogP contribution >= 0.6 is 27.9 Å². The van der Waals surface area contributed by atoms with E-state index in [4.69, 9.17) is 4.74 Å². The van der Waals surface area contributed by atoms with Crippen LogP contribution in [0.5, 0.6) is 5.75 Å². The summed E-state index contributed by atoms with van der Waals surface area (Å²) in [5.41, 5.74) is 1.89. The largest absolute Gasteiger partial charge is 0.490 e. The fraction of sp³-hybridized carbons (Fsp3) is 0.500. The van der Waals surface area contributed by atoms with Crippen molar-refractivity contribution in [2.45, 2.75) is 31.9 Å². The first kappa shape index (κ1) is 12.9. The van der Waals surface area contributed by atoms with Crippen molar-refractivity contribution in [3.63, 3.8) is 0 Å². The highest BCUT2D eigenvalue weighted by Gasteiger charge is 2.17. The van der Waals surface area contributed by atoms with E-state index in [1.165, 1.54) is 0 Å². The molecule has 0 spiro atoms. The molecule has 92 valence electrons. The second kappa shape index (κ2) is 4.98. The molecule has 2 rings (SSSR count). The Morgan fingerprint density at radius 1 is 1.53 bits per heavy atom. The highest BCUT2D eigenvalue weighted by atomic mass is 79.9. The molecule has 0 fully saturated rings. The van der Waals surface area contributed by atoms with Crippen LogP contribution in [-0.4, -0.2) is 22.6 Å². The molecule has 1 aromatic heterocycles. The van der Waals surface area contributed by atoms with Crippen molar-refractivity contribution in [2.24, 2.45) is 4.40 Å². The lowest BCUT2D eigenvalue weighted by Crippen LogP contribution is -2.05. The lowest BCUT2D eigenvalue weighted by atomic mass is 10.2. The fourth-order valence-corrected chi connectivity index (χ4v) is 2.50. The topological polar surface area (TPSA) is 34.5 Å². The Kier molecular flexibility index (Phi) is 3.78. The van der Waals surface area contributed by atoms with Gasteiger partial charge in [0, 0.05) is 11.2 Å². The number of fused-ring (bicyclic) bond motifs is 1. The zero-order valence-electron chi connectivity index (χ0n) is 10.2. The lowest BCUT2D eigenvalue weighted by molar-refractivity contribution is 0.355. The molecule has 5 heteroatoms. The second-order valence-corrected chi connectivity index (χ2v) is 7.31. The predicted octanol–water partition coefficient (Wildman–Crippen LogP) is 3.64. The molecule has 0 N–H and O–H groups in total. The number of halogens is 1. The summed E-state index contributed by atoms with van der Waals surface area (Å²) < 4.78 is 10.9. The number of rotatable bonds is 2. The van der Waals surface area contributed by atoms with E-state index < -0.39 is 0 Å². The van der Waals surface area contributed by atoms with Gasteiger partial charge in [-0.2, -0.15) is 0 Å². The number of hydrogen-bond acceptors (Lipinski definition) is 4. The third-order valence-electron chi connectivity index (χ3n) is 2.11. The van der Waals surface area contributed by atoms with Crippen molar-refractivity contribution in [1.29, 1.82) is 0 Å². The normalized spacial score (nSPS) is 15.1. The van der Waals surface area contributed by atoms with Crippen molar-refractivity contribution < 1.29 is 4.74 Å². The van der Waals surface area contributed by atoms with Crippen LogP contribution in [0.4, 0.5) is 0 Å². The van der Waals surface area contributed by atoms with E-state index in [0.29, 0.717) is 0 Å². The number of hydrogen-bond donors (Lipinski definition) is 0. The van der Waals surface area contributed by atoms with Gasteiger partial charge in [-0.15, -0.1) is 0 Å². The summed E-state index contributed by atoms with van der Waals surface area (Å²) in [5.74, 6) is 0.880. The molecule has 2 heterocycles. The Balaban J connectivity index is 2.15. The van der Waals surface area contributed by atoms with Crippen LogP contribution in [0.2, 0.25) is 0 Å². The van der Waals surface area contributed by atoms with Crippen LogP contribution in [0.3, 0.4) is 0 Å². The third-order valence-corrected chi connectivity index (χ3v) is 3.46. The van der Waals surface area contributed by atoms with Crippen LogP contribution in [0.1, 0.15) is 32.2 Å². The fourth-order valence-electron chi connectivity index (χ4n) is 1.45. The van der Waals surface area contributed by atoms with Crippen molar-refractivity contribution in [2.75, 3.05) is 6.61 Å². The van der Waals surface area contributed by atoms with Crippen molar-refractivity contribution in [3.8, 4) is 5.75 Å². The summed E-state index contributed by atoms with van der Waals surface area (Å²) in [6.45, 7) is 7.12. The summed E-state index contributed by atoms with van der Waals surface area (Å²) in [5, 5.41) is 0. The molecule has 0 saturated heterocycles. The zero-order chi connectivity index (χ0) is 12.5. The summed E-state index contributed by atoms with van der Waals surface area (Å²) >= 11 is 5.05. The van der Waals surface area contributed by atoms with Gasteiger partial charge in [0.1, 0.15) is 0 Å². The minimum Gasteiger partial charge on any atom is -0.490 e. The van der Waals surface area contributed by atoms with Gasteiger partial charge >= 0.3 is 0 Å². The maximum absolute atomic E-state index is 5.48. The number of aromatic nitrogens is 1. The van der Waals surface area contributed by atoms with Gasteiger partial charge in [0.05, 0.1) is 28.7 Å². The minimum atomic E-state index is 0.133. The Labute approximate surface area is 114 Å². The predicted molar refractivity (Wildman–Crippen MR) is 76.1 cm³/mol. The van der Waals surface area contributed by atoms with Gasteiger partial charge in [-0.25, -0.2) is 9.38 Å². The molecule has 0 amide bonds. The molecule has 1 aliphatic heterocycles. The van der Waals surface area contributed by atoms with Gasteiger partial charge in [-0.05, 0) is 54.7 Å². The van der Waals surface area contributed by atoms with Crippen LogP contribution in [0, 0.1) is 0 Å². The van der Waals surface area contributed by atoms with Crippen molar-refractivity contribution in [1.82, 2.24) is 4.98 Å². The maximum atomic E-state index is 5.48. The van der Waals surface area contributed by atoms with Gasteiger partial charge in [0.25, 0.3) is 0 Å². The van der Waals surface area contributed by atoms with E-state index >= 15 is 0 Å². The van der Waals surface area contributed by atoms with Crippen LogP contribution in [0.15, 0.2) is 14.9 Å². The molecule has 1 aliphatic rings. The molecular formula is C12H15BrN2OS. The van der Waals surface area contributed by atoms with E-state index in [9.17, 15) is 0 Å². The van der Waals surface area contributed by atoms with E-state index in [1.807, 2.05) is 6.07 Å². The van der Waals surface area contributed by atoms with Crippen LogP contribution in [-0.2, 0) is 6.42 Å². The Morgan fingerprint density at radius 2 is 2.29 bits per heavy atom. The average Bonchev–Trinajstić information content (AvgIpc) is 2.64. The van der Waals surface area contributed by atoms with E-state index in [0.717, 1.165) is 34.6 Å². The third kappa shape index (κ3) is 3.45. The van der Waals surface area contributed by atoms with Gasteiger partial charge in [-0.3, -0.25) is 0 Å². The first-order valence-corrected chi connectivity index (χ1v) is 7.06. The minimum absolute atomic E-state index is 0.133. The molecule has 0 unspecified atom stereocenters. The summed E-state index contributed by atoms with van der Waals surface area (Å²) in [6.07, 6.45) is 2.68. The molecule has 17 heavy (non-hydrogen) atoms. The molecule has 0 radical (unpaired) electrons. The van der Waals surface area contributed by atoms with Gasteiger partial charge in [0.2, 0.25) is 0 Å². The molecule has 0 saturated carbocycles. The number of ether oxygens (including phenoxy) is 1. The monoisotopic (exact) mass is 314 g/mol. The molecule has 3 nitrogen and oxygen atoms in total. The molecule has 0 bridgehead atoms. The Hall–Kier alpha value is -0.550. The SMILES string of the molecule is CC(C)(C)SN=Cc1cc(Br)c2c(n1)CCO2. The highest BCUT2D eigenvalue weighted by molar-refractivity contribution is 9.10. The van der Waals surface area contributed by atoms with E-state index in [1.54, 1.807) is 18.2 Å². The maximum Gasteiger partial charge on any atom is 0.155 e. The van der Waals surface area contributed by atoms with Gasteiger partial charge < -0.3 is 4.74 Å². The van der Waals surface area contributed by atoms with E-state index in [2.05, 4.69) is 46.1 Å². The number of pyridine rings is 1. The summed E-state index contributed by atoms with van der Waals surface area (Å²) in [4.78, 5) is 4.52. The van der Waals surface area contributed by atoms with E-state index in [-0.39, 0.29) is 4.75 Å². The smallest absolute Gasteiger partial charge is 0.155 e. The standard InChI is InChI=1S/C12H15BrN2OS/c1-12(2,3)17-14-7-8-6-9(13)11-10(15-8)4-5-16-11/h6-7H,4-5H2,1-3H3. The molecular weight excluding hydrogens is 300 g/mol. The first-order chi connectivity index (χ1) is 7.96. The van der Waals surface area contributed by atoms with Crippen molar-refractivity contribution >= 4 is 34.1 Å². The Bertz CT molecular complexity index is 455. The molecule has 0 aliphatic carbocycles. The lowest BCUT2D eigenvalue weighted by Gasteiger charge is -2.12. The summed E-state index contributed by atoms with van der Waals surface area (Å²) in [6, 6.07) is 1.94. The molecule has 0 aromatic carbocycles. The molecule has 1 aromatic rings. The molecule has 0 atom stereocenters. The zero-order valence-corrected chi connectivity index (χ0v) is 12.6. The number of nitrogens with zero attached hydrogens (tertiary/aromatic N) is 2. The van der Waals surface area contributed by atoms with Gasteiger partial charge in [-0.1, -0.05) is 0 Å². The summed E-state index contributed by atoms with van der Waals surface area (Å²) in [7, 11) is 0. The average molecular weight is 315 g/mol.